The predicted octanol–water partition coefficient (Wildman–Crippen LogP) is 1.48. The van der Waals surface area contributed by atoms with Gasteiger partial charge in [0, 0.05) is 6.54 Å². The number of hydrogen-bond donors (Lipinski definition) is 1. The summed E-state index contributed by atoms with van der Waals surface area (Å²) in [5.74, 6) is 0.386. The summed E-state index contributed by atoms with van der Waals surface area (Å²) in [6.45, 7) is 4.13. The maximum absolute atomic E-state index is 12.0. The molecule has 0 aliphatic carbocycles. The van der Waals surface area contributed by atoms with Gasteiger partial charge >= 0.3 is 6.18 Å². The molecule has 0 amide bonds. The number of alkyl halides is 3. The predicted molar refractivity (Wildman–Crippen MR) is 49.1 cm³/mol. The van der Waals surface area contributed by atoms with E-state index in [1.807, 2.05) is 6.92 Å². The lowest BCUT2D eigenvalue weighted by atomic mass is 10.1. The minimum atomic E-state index is -4.05. The number of halogens is 3. The fraction of sp³-hybridized carbons (Fsp3) is 1.00. The number of likely N-dealkylation sites (tertiary alicyclic amines) is 1. The fourth-order valence-electron chi connectivity index (χ4n) is 1.83. The topological polar surface area (TPSA) is 15.3 Å². The van der Waals surface area contributed by atoms with E-state index < -0.39 is 12.7 Å². The van der Waals surface area contributed by atoms with Crippen molar-refractivity contribution in [2.24, 2.45) is 5.92 Å². The molecule has 1 saturated heterocycles. The molecule has 84 valence electrons. The first kappa shape index (κ1) is 11.8. The van der Waals surface area contributed by atoms with Crippen molar-refractivity contribution in [3.05, 3.63) is 0 Å². The molecule has 1 fully saturated rings. The minimum absolute atomic E-state index is 0.386. The lowest BCUT2D eigenvalue weighted by molar-refractivity contribution is -0.143. The Balaban J connectivity index is 2.20. The Morgan fingerprint density at radius 3 is 2.71 bits per heavy atom. The van der Waals surface area contributed by atoms with E-state index in [0.717, 1.165) is 19.5 Å². The normalized spacial score (nSPS) is 24.4. The molecule has 0 spiro atoms. The average Bonchev–Trinajstić information content (AvgIpc) is 2.46. The molecule has 1 aliphatic heterocycles. The molecule has 0 aromatic heterocycles. The zero-order valence-electron chi connectivity index (χ0n) is 8.40. The second-order valence-electron chi connectivity index (χ2n) is 3.81. The Labute approximate surface area is 82.5 Å². The third kappa shape index (κ3) is 4.28. The van der Waals surface area contributed by atoms with E-state index in [4.69, 9.17) is 0 Å². The molecule has 1 unspecified atom stereocenters. The molecular formula is C9H17F3N2. The lowest BCUT2D eigenvalue weighted by Gasteiger charge is -2.17. The zero-order chi connectivity index (χ0) is 10.6. The molecule has 1 rings (SSSR count). The summed E-state index contributed by atoms with van der Waals surface area (Å²) < 4.78 is 36.1. The molecule has 0 bridgehead atoms. The molecule has 5 heteroatoms. The van der Waals surface area contributed by atoms with Crippen molar-refractivity contribution in [1.82, 2.24) is 10.2 Å². The maximum atomic E-state index is 12.0. The van der Waals surface area contributed by atoms with Crippen LogP contribution < -0.4 is 5.32 Å². The van der Waals surface area contributed by atoms with Gasteiger partial charge in [-0.25, -0.2) is 0 Å². The van der Waals surface area contributed by atoms with Gasteiger partial charge in [-0.15, -0.1) is 0 Å². The summed E-state index contributed by atoms with van der Waals surface area (Å²) in [5, 5.41) is 3.17. The third-order valence-corrected chi connectivity index (χ3v) is 2.46. The molecule has 2 nitrogen and oxygen atoms in total. The van der Waals surface area contributed by atoms with Gasteiger partial charge in [0.2, 0.25) is 0 Å². The van der Waals surface area contributed by atoms with Crippen molar-refractivity contribution in [1.29, 1.82) is 0 Å². The van der Waals surface area contributed by atoms with Crippen LogP contribution in [0, 0.1) is 5.92 Å². The lowest BCUT2D eigenvalue weighted by Crippen LogP contribution is -2.33. The van der Waals surface area contributed by atoms with Crippen LogP contribution in [0.25, 0.3) is 0 Å². The Morgan fingerprint density at radius 1 is 1.43 bits per heavy atom. The Hall–Kier alpha value is -0.290. The molecule has 0 radical (unpaired) electrons. The maximum Gasteiger partial charge on any atom is 0.401 e. The van der Waals surface area contributed by atoms with Crippen molar-refractivity contribution in [2.45, 2.75) is 19.5 Å². The first-order valence-corrected chi connectivity index (χ1v) is 5.01. The SMILES string of the molecule is CCNCC1CCN(CC(F)(F)F)C1. The van der Waals surface area contributed by atoms with Gasteiger partial charge in [0.15, 0.2) is 0 Å². The molecule has 0 aromatic rings. The summed E-state index contributed by atoms with van der Waals surface area (Å²) in [4.78, 5) is 1.49. The monoisotopic (exact) mass is 210 g/mol. The van der Waals surface area contributed by atoms with Gasteiger partial charge in [-0.1, -0.05) is 6.92 Å². The van der Waals surface area contributed by atoms with Gasteiger partial charge in [0.25, 0.3) is 0 Å². The van der Waals surface area contributed by atoms with Crippen LogP contribution >= 0.6 is 0 Å². The van der Waals surface area contributed by atoms with Crippen LogP contribution in [0.3, 0.4) is 0 Å². The number of rotatable bonds is 4. The van der Waals surface area contributed by atoms with Gasteiger partial charge in [-0.05, 0) is 32.0 Å². The zero-order valence-corrected chi connectivity index (χ0v) is 8.40. The largest absolute Gasteiger partial charge is 0.401 e. The van der Waals surface area contributed by atoms with Crippen LogP contribution in [0.5, 0.6) is 0 Å². The van der Waals surface area contributed by atoms with Crippen LogP contribution in [0.15, 0.2) is 0 Å². The van der Waals surface area contributed by atoms with Gasteiger partial charge in [-0.3, -0.25) is 4.90 Å². The van der Waals surface area contributed by atoms with Crippen LogP contribution in [0.2, 0.25) is 0 Å². The van der Waals surface area contributed by atoms with Crippen LogP contribution in [0.4, 0.5) is 13.2 Å². The summed E-state index contributed by atoms with van der Waals surface area (Å²) in [6.07, 6.45) is -3.17. The number of hydrogen-bond acceptors (Lipinski definition) is 2. The molecule has 14 heavy (non-hydrogen) atoms. The first-order valence-electron chi connectivity index (χ1n) is 5.01. The smallest absolute Gasteiger partial charge is 0.317 e. The highest BCUT2D eigenvalue weighted by molar-refractivity contribution is 4.78. The van der Waals surface area contributed by atoms with Gasteiger partial charge in [0.05, 0.1) is 6.54 Å². The molecule has 0 aromatic carbocycles. The van der Waals surface area contributed by atoms with Crippen molar-refractivity contribution in [3.63, 3.8) is 0 Å². The van der Waals surface area contributed by atoms with Crippen molar-refractivity contribution in [2.75, 3.05) is 32.7 Å². The van der Waals surface area contributed by atoms with Crippen molar-refractivity contribution >= 4 is 0 Å². The molecule has 0 saturated carbocycles. The van der Waals surface area contributed by atoms with E-state index in [-0.39, 0.29) is 0 Å². The second kappa shape index (κ2) is 4.98. The fourth-order valence-corrected chi connectivity index (χ4v) is 1.83. The number of nitrogens with one attached hydrogen (secondary N) is 1. The van der Waals surface area contributed by atoms with Crippen LogP contribution in [0.1, 0.15) is 13.3 Å². The van der Waals surface area contributed by atoms with E-state index >= 15 is 0 Å². The highest BCUT2D eigenvalue weighted by Gasteiger charge is 2.33. The first-order chi connectivity index (χ1) is 6.51. The third-order valence-electron chi connectivity index (χ3n) is 2.46. The van der Waals surface area contributed by atoms with Gasteiger partial charge in [0.1, 0.15) is 0 Å². The Morgan fingerprint density at radius 2 is 2.14 bits per heavy atom. The molecule has 1 aliphatic rings. The van der Waals surface area contributed by atoms with Gasteiger partial charge < -0.3 is 5.32 Å². The molecule has 1 heterocycles. The Bertz CT molecular complexity index is 170. The quantitative estimate of drug-likeness (QED) is 0.756. The van der Waals surface area contributed by atoms with E-state index in [1.54, 1.807) is 0 Å². The highest BCUT2D eigenvalue weighted by atomic mass is 19.4. The second-order valence-corrected chi connectivity index (χ2v) is 3.81. The van der Waals surface area contributed by atoms with E-state index in [2.05, 4.69) is 5.32 Å². The Kier molecular flexibility index (Phi) is 4.19. The van der Waals surface area contributed by atoms with E-state index in [9.17, 15) is 13.2 Å². The summed E-state index contributed by atoms with van der Waals surface area (Å²) in [6, 6.07) is 0. The minimum Gasteiger partial charge on any atom is -0.317 e. The van der Waals surface area contributed by atoms with Gasteiger partial charge in [-0.2, -0.15) is 13.2 Å². The summed E-state index contributed by atoms with van der Waals surface area (Å²) in [7, 11) is 0. The highest BCUT2D eigenvalue weighted by Crippen LogP contribution is 2.22. The number of nitrogens with zero attached hydrogens (tertiary/aromatic N) is 1. The van der Waals surface area contributed by atoms with Crippen molar-refractivity contribution < 1.29 is 13.2 Å². The van der Waals surface area contributed by atoms with E-state index in [1.165, 1.54) is 4.90 Å². The average molecular weight is 210 g/mol. The molecular weight excluding hydrogens is 193 g/mol. The van der Waals surface area contributed by atoms with Crippen LogP contribution in [-0.2, 0) is 0 Å². The molecule has 1 atom stereocenters. The molecule has 1 N–H and O–H groups in total. The van der Waals surface area contributed by atoms with Crippen molar-refractivity contribution in [3.8, 4) is 0 Å². The van der Waals surface area contributed by atoms with E-state index in [0.29, 0.717) is 19.0 Å². The standard InChI is InChI=1S/C9H17F3N2/c1-2-13-5-8-3-4-14(6-8)7-9(10,11)12/h8,13H,2-7H2,1H3. The van der Waals surface area contributed by atoms with Crippen LogP contribution in [-0.4, -0.2) is 43.8 Å². The summed E-state index contributed by atoms with van der Waals surface area (Å²) in [5.41, 5.74) is 0. The summed E-state index contributed by atoms with van der Waals surface area (Å²) >= 11 is 0.